The molecule has 4 aromatic rings. The molecule has 1 aliphatic heterocycles. The first kappa shape index (κ1) is 21.6. The van der Waals surface area contributed by atoms with Gasteiger partial charge in [-0.15, -0.1) is 5.10 Å². The van der Waals surface area contributed by atoms with Gasteiger partial charge in [0.15, 0.2) is 0 Å². The summed E-state index contributed by atoms with van der Waals surface area (Å²) in [7, 11) is 0. The van der Waals surface area contributed by atoms with Crippen LogP contribution in [0.3, 0.4) is 0 Å². The maximum absolute atomic E-state index is 13.1. The highest BCUT2D eigenvalue weighted by atomic mass is 19.1. The molecule has 0 saturated heterocycles. The van der Waals surface area contributed by atoms with Crippen molar-refractivity contribution in [3.05, 3.63) is 126 Å². The second-order valence-corrected chi connectivity index (χ2v) is 7.97. The molecule has 1 N–H and O–H groups in total. The van der Waals surface area contributed by atoms with E-state index in [2.05, 4.69) is 21.7 Å². The summed E-state index contributed by atoms with van der Waals surface area (Å²) in [5.74, 6) is -0.248. The van der Waals surface area contributed by atoms with E-state index in [9.17, 15) is 4.39 Å². The number of benzene rings is 3. The third-order valence-electron chi connectivity index (χ3n) is 5.39. The fourth-order valence-corrected chi connectivity index (χ4v) is 3.61. The molecule has 0 aliphatic carbocycles. The molecule has 0 fully saturated rings. The van der Waals surface area contributed by atoms with Crippen LogP contribution >= 0.6 is 0 Å². The van der Waals surface area contributed by atoms with Gasteiger partial charge in [0.05, 0.1) is 25.9 Å². The van der Waals surface area contributed by atoms with E-state index in [-0.39, 0.29) is 5.82 Å². The lowest BCUT2D eigenvalue weighted by molar-refractivity contribution is -0.124. The van der Waals surface area contributed by atoms with Gasteiger partial charge in [-0.3, -0.25) is 9.90 Å². The fourth-order valence-electron chi connectivity index (χ4n) is 3.61. The van der Waals surface area contributed by atoms with Gasteiger partial charge in [0, 0.05) is 23.1 Å². The number of allylic oxidation sites excluding steroid dienone is 1. The number of nitrogens with zero attached hydrogens (tertiary/aromatic N) is 4. The van der Waals surface area contributed by atoms with Crippen molar-refractivity contribution in [1.29, 1.82) is 0 Å². The molecule has 3 aromatic carbocycles. The Bertz CT molecular complexity index is 1300. The summed E-state index contributed by atoms with van der Waals surface area (Å²) >= 11 is 0. The van der Waals surface area contributed by atoms with E-state index in [0.717, 1.165) is 33.8 Å². The zero-order valence-electron chi connectivity index (χ0n) is 18.5. The van der Waals surface area contributed by atoms with Crippen molar-refractivity contribution in [3.8, 4) is 11.3 Å². The summed E-state index contributed by atoms with van der Waals surface area (Å²) in [4.78, 5) is 5.83. The highest BCUT2D eigenvalue weighted by molar-refractivity contribution is 5.65. The van der Waals surface area contributed by atoms with Gasteiger partial charge in [0.1, 0.15) is 11.5 Å². The zero-order valence-corrected chi connectivity index (χ0v) is 18.5. The van der Waals surface area contributed by atoms with Crippen LogP contribution in [0.15, 0.2) is 109 Å². The smallest absolute Gasteiger partial charge is 0.123 e. The van der Waals surface area contributed by atoms with Gasteiger partial charge >= 0.3 is 0 Å². The van der Waals surface area contributed by atoms with Crippen LogP contribution in [0, 0.1) is 5.82 Å². The molecule has 2 heterocycles. The molecule has 0 unspecified atom stereocenters. The molecule has 5 rings (SSSR count). The van der Waals surface area contributed by atoms with Crippen LogP contribution in [-0.4, -0.2) is 26.6 Å². The highest BCUT2D eigenvalue weighted by Crippen LogP contribution is 2.22. The van der Waals surface area contributed by atoms with Crippen molar-refractivity contribution in [2.45, 2.75) is 13.2 Å². The topological polar surface area (TPSA) is 55.2 Å². The molecular formula is C27H24FN5O. The molecule has 0 amide bonds. The summed E-state index contributed by atoms with van der Waals surface area (Å²) in [6, 6.07) is 24.5. The van der Waals surface area contributed by atoms with E-state index < -0.39 is 0 Å². The molecule has 1 aromatic heterocycles. The van der Waals surface area contributed by atoms with Gasteiger partial charge in [-0.2, -0.15) is 0 Å². The van der Waals surface area contributed by atoms with Gasteiger partial charge < -0.3 is 5.32 Å². The Morgan fingerprint density at radius 3 is 2.59 bits per heavy atom. The molecule has 170 valence electrons. The summed E-state index contributed by atoms with van der Waals surface area (Å²) in [6.07, 6.45) is 7.89. The average molecular weight is 454 g/mol. The monoisotopic (exact) mass is 453 g/mol. The number of hydrogen-bond acceptors (Lipinski definition) is 5. The van der Waals surface area contributed by atoms with E-state index in [1.807, 2.05) is 78.1 Å². The maximum atomic E-state index is 13.1. The van der Waals surface area contributed by atoms with Gasteiger partial charge in [0.25, 0.3) is 0 Å². The first-order valence-electron chi connectivity index (χ1n) is 11.1. The van der Waals surface area contributed by atoms with E-state index in [0.29, 0.717) is 19.7 Å². The zero-order chi connectivity index (χ0) is 23.2. The summed E-state index contributed by atoms with van der Waals surface area (Å²) in [6.45, 7) is 1.72. The van der Waals surface area contributed by atoms with Gasteiger partial charge in [-0.1, -0.05) is 59.8 Å². The Morgan fingerprint density at radius 2 is 1.79 bits per heavy atom. The van der Waals surface area contributed by atoms with Crippen molar-refractivity contribution in [2.75, 3.05) is 11.9 Å². The molecule has 0 spiro atoms. The third kappa shape index (κ3) is 5.57. The van der Waals surface area contributed by atoms with Crippen LogP contribution in [0.1, 0.15) is 11.1 Å². The maximum Gasteiger partial charge on any atom is 0.123 e. The number of hydrogen-bond donors (Lipinski definition) is 1. The molecule has 0 radical (unpaired) electrons. The van der Waals surface area contributed by atoms with Gasteiger partial charge in [-0.05, 0) is 47.5 Å². The molecule has 0 bridgehead atoms. The predicted octanol–water partition coefficient (Wildman–Crippen LogP) is 5.39. The molecule has 1 aliphatic rings. The lowest BCUT2D eigenvalue weighted by Gasteiger charge is -2.22. The van der Waals surface area contributed by atoms with Gasteiger partial charge in [0.2, 0.25) is 0 Å². The Labute approximate surface area is 197 Å². The fraction of sp³-hybridized carbons (Fsp3) is 0.111. The quantitative estimate of drug-likeness (QED) is 0.388. The largest absolute Gasteiger partial charge is 0.356 e. The van der Waals surface area contributed by atoms with Crippen molar-refractivity contribution in [3.63, 3.8) is 0 Å². The van der Waals surface area contributed by atoms with Crippen LogP contribution < -0.4 is 5.32 Å². The summed E-state index contributed by atoms with van der Waals surface area (Å²) < 4.78 is 14.9. The number of halogens is 1. The average Bonchev–Trinajstić information content (AvgIpc) is 3.34. The minimum Gasteiger partial charge on any atom is -0.356 e. The molecule has 0 atom stereocenters. The number of anilines is 1. The van der Waals surface area contributed by atoms with Crippen LogP contribution in [-0.2, 0) is 18.0 Å². The SMILES string of the molecule is Fc1ccc(Cn2cc(-c3cccc(NC4=CCN(OCc5ccccc5)C=C4)c3)nn2)cc1. The van der Waals surface area contributed by atoms with Crippen LogP contribution in [0.2, 0.25) is 0 Å². The Hall–Kier alpha value is -4.23. The highest BCUT2D eigenvalue weighted by Gasteiger charge is 2.09. The first-order valence-corrected chi connectivity index (χ1v) is 11.1. The van der Waals surface area contributed by atoms with E-state index >= 15 is 0 Å². The molecule has 34 heavy (non-hydrogen) atoms. The Kier molecular flexibility index (Phi) is 6.45. The van der Waals surface area contributed by atoms with Crippen LogP contribution in [0.25, 0.3) is 11.3 Å². The van der Waals surface area contributed by atoms with E-state index in [1.165, 1.54) is 12.1 Å². The summed E-state index contributed by atoms with van der Waals surface area (Å²) in [5, 5.41) is 13.8. The second-order valence-electron chi connectivity index (χ2n) is 7.97. The number of nitrogens with one attached hydrogen (secondary N) is 1. The molecular weight excluding hydrogens is 429 g/mol. The van der Waals surface area contributed by atoms with Crippen molar-refractivity contribution < 1.29 is 9.23 Å². The van der Waals surface area contributed by atoms with Crippen molar-refractivity contribution in [2.24, 2.45) is 0 Å². The van der Waals surface area contributed by atoms with E-state index in [1.54, 1.807) is 16.8 Å². The standard InChI is InChI=1S/C27H24FN5O/c28-24-11-9-21(10-12-24)18-32-19-27(30-31-32)23-7-4-8-26(17-23)29-25-13-15-33(16-14-25)34-20-22-5-2-1-3-6-22/h1-15,17,19,29H,16,18,20H2. The lowest BCUT2D eigenvalue weighted by atomic mass is 10.1. The Balaban J connectivity index is 1.18. The number of hydroxylamine groups is 2. The van der Waals surface area contributed by atoms with Crippen molar-refractivity contribution >= 4 is 5.69 Å². The number of rotatable bonds is 8. The second kappa shape index (κ2) is 10.1. The normalized spacial score (nSPS) is 13.1. The Morgan fingerprint density at radius 1 is 0.941 bits per heavy atom. The molecule has 0 saturated carbocycles. The minimum atomic E-state index is -0.248. The third-order valence-corrected chi connectivity index (χ3v) is 5.39. The first-order chi connectivity index (χ1) is 16.7. The minimum absolute atomic E-state index is 0.248. The van der Waals surface area contributed by atoms with Gasteiger partial charge in [-0.25, -0.2) is 9.07 Å². The summed E-state index contributed by atoms with van der Waals surface area (Å²) in [5.41, 5.74) is 5.79. The molecule has 7 heteroatoms. The predicted molar refractivity (Wildman–Crippen MR) is 130 cm³/mol. The number of aromatic nitrogens is 3. The lowest BCUT2D eigenvalue weighted by Crippen LogP contribution is -2.21. The van der Waals surface area contributed by atoms with Crippen LogP contribution in [0.5, 0.6) is 0 Å². The van der Waals surface area contributed by atoms with Crippen LogP contribution in [0.4, 0.5) is 10.1 Å². The molecule has 6 nitrogen and oxygen atoms in total. The van der Waals surface area contributed by atoms with Crippen molar-refractivity contribution in [1.82, 2.24) is 20.1 Å². The van der Waals surface area contributed by atoms with E-state index in [4.69, 9.17) is 4.84 Å².